The second-order valence-corrected chi connectivity index (χ2v) is 4.23. The van der Waals surface area contributed by atoms with Gasteiger partial charge in [-0.3, -0.25) is 0 Å². The average Bonchev–Trinajstić information content (AvgIpc) is 2.78. The quantitative estimate of drug-likeness (QED) is 0.879. The fourth-order valence-electron chi connectivity index (χ4n) is 1.45. The third-order valence-corrected chi connectivity index (χ3v) is 3.19. The smallest absolute Gasteiger partial charge is 0.164 e. The summed E-state index contributed by atoms with van der Waals surface area (Å²) in [5, 5.41) is 4.08. The van der Waals surface area contributed by atoms with Crippen LogP contribution in [0.3, 0.4) is 0 Å². The molecule has 6 heteroatoms. The van der Waals surface area contributed by atoms with Gasteiger partial charge >= 0.3 is 0 Å². The van der Waals surface area contributed by atoms with Crippen LogP contribution in [0.15, 0.2) is 29.0 Å². The Balaban J connectivity index is 2.10. The maximum absolute atomic E-state index is 5.77. The van der Waals surface area contributed by atoms with Crippen molar-refractivity contribution in [2.24, 2.45) is 0 Å². The zero-order valence-corrected chi connectivity index (χ0v) is 11.0. The first-order chi connectivity index (χ1) is 8.22. The van der Waals surface area contributed by atoms with E-state index in [0.29, 0.717) is 18.0 Å². The Bertz CT molecular complexity index is 512. The van der Waals surface area contributed by atoms with Gasteiger partial charge in [-0.05, 0) is 35.0 Å². The van der Waals surface area contributed by atoms with Crippen molar-refractivity contribution in [2.75, 3.05) is 5.73 Å². The van der Waals surface area contributed by atoms with E-state index in [9.17, 15) is 0 Å². The highest BCUT2D eigenvalue weighted by Crippen LogP contribution is 2.30. The molecule has 0 aliphatic carbocycles. The van der Waals surface area contributed by atoms with Gasteiger partial charge in [0.25, 0.3) is 0 Å². The fraction of sp³-hybridized carbons (Fsp3) is 0.273. The topological polar surface area (TPSA) is 66.0 Å². The normalized spacial score (nSPS) is 10.5. The molecule has 0 aliphatic heterocycles. The van der Waals surface area contributed by atoms with E-state index < -0.39 is 0 Å². The number of rotatable bonds is 4. The number of nitrogen functional groups attached to an aromatic ring is 1. The summed E-state index contributed by atoms with van der Waals surface area (Å²) in [5.74, 6) is 1.50. The molecule has 0 bridgehead atoms. The Kier molecular flexibility index (Phi) is 3.63. The Morgan fingerprint density at radius 3 is 3.06 bits per heavy atom. The average molecular weight is 297 g/mol. The fourth-order valence-corrected chi connectivity index (χ4v) is 1.82. The van der Waals surface area contributed by atoms with Crippen molar-refractivity contribution in [3.63, 3.8) is 0 Å². The van der Waals surface area contributed by atoms with Crippen molar-refractivity contribution in [3.05, 3.63) is 34.8 Å². The first-order valence-corrected chi connectivity index (χ1v) is 6.05. The van der Waals surface area contributed by atoms with E-state index in [0.717, 1.165) is 16.8 Å². The Labute approximate surface area is 108 Å². The van der Waals surface area contributed by atoms with Crippen molar-refractivity contribution >= 4 is 21.6 Å². The number of hydrogen-bond donors (Lipinski definition) is 1. The van der Waals surface area contributed by atoms with Crippen LogP contribution in [0, 0.1) is 0 Å². The van der Waals surface area contributed by atoms with Crippen LogP contribution in [0.2, 0.25) is 0 Å². The van der Waals surface area contributed by atoms with Gasteiger partial charge in [-0.2, -0.15) is 5.10 Å². The molecule has 0 amide bonds. The minimum Gasteiger partial charge on any atom is -0.484 e. The molecule has 0 fully saturated rings. The number of nitrogens with two attached hydrogens (primary N) is 1. The van der Waals surface area contributed by atoms with Crippen molar-refractivity contribution in [1.82, 2.24) is 14.8 Å². The van der Waals surface area contributed by atoms with Crippen LogP contribution >= 0.6 is 15.9 Å². The predicted octanol–water partition coefficient (Wildman–Crippen LogP) is 2.22. The molecule has 2 rings (SSSR count). The molecule has 5 nitrogen and oxygen atoms in total. The number of halogens is 1. The van der Waals surface area contributed by atoms with E-state index in [4.69, 9.17) is 10.5 Å². The minimum atomic E-state index is 0.371. The molecule has 0 unspecified atom stereocenters. The summed E-state index contributed by atoms with van der Waals surface area (Å²) in [4.78, 5) is 4.13. The molecule has 0 aliphatic rings. The number of hydrogen-bond acceptors (Lipinski definition) is 4. The summed E-state index contributed by atoms with van der Waals surface area (Å²) < 4.78 is 8.21. The highest BCUT2D eigenvalue weighted by molar-refractivity contribution is 9.10. The minimum absolute atomic E-state index is 0.371. The van der Waals surface area contributed by atoms with Crippen LogP contribution in [0.5, 0.6) is 5.75 Å². The lowest BCUT2D eigenvalue weighted by atomic mass is 10.3. The Morgan fingerprint density at radius 2 is 2.29 bits per heavy atom. The van der Waals surface area contributed by atoms with E-state index in [2.05, 4.69) is 26.0 Å². The van der Waals surface area contributed by atoms with Gasteiger partial charge in [0.15, 0.2) is 5.82 Å². The van der Waals surface area contributed by atoms with Gasteiger partial charge in [0, 0.05) is 12.2 Å². The van der Waals surface area contributed by atoms with Gasteiger partial charge in [0.1, 0.15) is 18.7 Å². The largest absolute Gasteiger partial charge is 0.484 e. The molecule has 0 saturated carbocycles. The van der Waals surface area contributed by atoms with E-state index in [1.54, 1.807) is 4.68 Å². The maximum atomic E-state index is 5.77. The van der Waals surface area contributed by atoms with Gasteiger partial charge in [-0.25, -0.2) is 9.67 Å². The first-order valence-electron chi connectivity index (χ1n) is 5.25. The first kappa shape index (κ1) is 11.9. The van der Waals surface area contributed by atoms with Crippen LogP contribution in [0.1, 0.15) is 12.7 Å². The predicted molar refractivity (Wildman–Crippen MR) is 68.6 cm³/mol. The zero-order chi connectivity index (χ0) is 12.3. The summed E-state index contributed by atoms with van der Waals surface area (Å²) in [6, 6.07) is 5.51. The summed E-state index contributed by atoms with van der Waals surface area (Å²) in [5.41, 5.74) is 6.42. The Morgan fingerprint density at radius 1 is 1.47 bits per heavy atom. The Hall–Kier alpha value is -1.56. The lowest BCUT2D eigenvalue weighted by molar-refractivity contribution is 0.285. The molecule has 0 radical (unpaired) electrons. The standard InChI is InChI=1S/C11H13BrN4O/c1-2-16-10(14-7-15-16)6-17-9-5-3-4-8(13)11(9)12/h3-5,7H,2,6,13H2,1H3. The van der Waals surface area contributed by atoms with Crippen molar-refractivity contribution < 1.29 is 4.74 Å². The highest BCUT2D eigenvalue weighted by Gasteiger charge is 2.07. The van der Waals surface area contributed by atoms with E-state index in [1.807, 2.05) is 25.1 Å². The van der Waals surface area contributed by atoms with Crippen LogP contribution < -0.4 is 10.5 Å². The molecular weight excluding hydrogens is 284 g/mol. The summed E-state index contributed by atoms with van der Waals surface area (Å²) >= 11 is 3.39. The lowest BCUT2D eigenvalue weighted by Gasteiger charge is -2.09. The van der Waals surface area contributed by atoms with Crippen LogP contribution in [-0.4, -0.2) is 14.8 Å². The molecular formula is C11H13BrN4O. The molecule has 1 heterocycles. The van der Waals surface area contributed by atoms with Crippen molar-refractivity contribution in [3.8, 4) is 5.75 Å². The van der Waals surface area contributed by atoms with Crippen LogP contribution in [0.25, 0.3) is 0 Å². The highest BCUT2D eigenvalue weighted by atomic mass is 79.9. The summed E-state index contributed by atoms with van der Waals surface area (Å²) in [6.45, 7) is 3.15. The molecule has 2 aromatic rings. The van der Waals surface area contributed by atoms with Gasteiger partial charge in [-0.15, -0.1) is 0 Å². The van der Waals surface area contributed by atoms with Crippen LogP contribution in [0.4, 0.5) is 5.69 Å². The van der Waals surface area contributed by atoms with E-state index in [-0.39, 0.29) is 0 Å². The number of ether oxygens (including phenoxy) is 1. The van der Waals surface area contributed by atoms with Crippen molar-refractivity contribution in [1.29, 1.82) is 0 Å². The van der Waals surface area contributed by atoms with Gasteiger partial charge in [0.05, 0.1) is 4.47 Å². The second-order valence-electron chi connectivity index (χ2n) is 3.44. The molecule has 17 heavy (non-hydrogen) atoms. The van der Waals surface area contributed by atoms with Crippen molar-refractivity contribution in [2.45, 2.75) is 20.1 Å². The maximum Gasteiger partial charge on any atom is 0.164 e. The molecule has 90 valence electrons. The summed E-state index contributed by atoms with van der Waals surface area (Å²) in [7, 11) is 0. The third kappa shape index (κ3) is 2.58. The van der Waals surface area contributed by atoms with Crippen LogP contribution in [-0.2, 0) is 13.2 Å². The number of aromatic nitrogens is 3. The SMILES string of the molecule is CCn1ncnc1COc1cccc(N)c1Br. The summed E-state index contributed by atoms with van der Waals surface area (Å²) in [6.07, 6.45) is 1.52. The number of benzene rings is 1. The lowest BCUT2D eigenvalue weighted by Crippen LogP contribution is -2.07. The number of nitrogens with zero attached hydrogens (tertiary/aromatic N) is 3. The molecule has 0 spiro atoms. The number of anilines is 1. The third-order valence-electron chi connectivity index (χ3n) is 2.35. The second kappa shape index (κ2) is 5.18. The molecule has 1 aromatic carbocycles. The number of aryl methyl sites for hydroxylation is 1. The van der Waals surface area contributed by atoms with E-state index in [1.165, 1.54) is 6.33 Å². The molecule has 0 atom stereocenters. The van der Waals surface area contributed by atoms with Gasteiger partial charge < -0.3 is 10.5 Å². The molecule has 2 N–H and O–H groups in total. The molecule has 0 saturated heterocycles. The monoisotopic (exact) mass is 296 g/mol. The van der Waals surface area contributed by atoms with E-state index >= 15 is 0 Å². The van der Waals surface area contributed by atoms with Gasteiger partial charge in [0.2, 0.25) is 0 Å². The zero-order valence-electron chi connectivity index (χ0n) is 9.43. The van der Waals surface area contributed by atoms with Gasteiger partial charge in [-0.1, -0.05) is 6.07 Å². The molecule has 1 aromatic heterocycles.